The molecule has 0 saturated heterocycles. The van der Waals surface area contributed by atoms with Crippen molar-refractivity contribution in [3.05, 3.63) is 30.9 Å². The molecule has 1 amide bonds. The van der Waals surface area contributed by atoms with Crippen LogP contribution in [0, 0.1) is 5.92 Å². The largest absolute Gasteiger partial charge is 0.310 e. The quantitative estimate of drug-likeness (QED) is 0.909. The van der Waals surface area contributed by atoms with Crippen molar-refractivity contribution < 1.29 is 4.79 Å². The van der Waals surface area contributed by atoms with E-state index in [9.17, 15) is 4.79 Å². The van der Waals surface area contributed by atoms with Gasteiger partial charge in [-0.15, -0.1) is 0 Å². The van der Waals surface area contributed by atoms with E-state index < -0.39 is 0 Å². The first-order valence-electron chi connectivity index (χ1n) is 6.46. The first kappa shape index (κ1) is 11.8. The van der Waals surface area contributed by atoms with Crippen molar-refractivity contribution >= 4 is 11.7 Å². The maximum Gasteiger partial charge on any atom is 0.228 e. The Bertz CT molecular complexity index is 560. The van der Waals surface area contributed by atoms with Crippen molar-refractivity contribution in [1.29, 1.82) is 0 Å². The summed E-state index contributed by atoms with van der Waals surface area (Å²) in [6, 6.07) is 3.54. The predicted molar refractivity (Wildman–Crippen MR) is 69.7 cm³/mol. The monoisotopic (exact) mass is 257 g/mol. The van der Waals surface area contributed by atoms with Gasteiger partial charge in [-0.3, -0.25) is 4.79 Å². The fraction of sp³-hybridized carbons (Fsp3) is 0.385. The van der Waals surface area contributed by atoms with E-state index in [1.54, 1.807) is 23.1 Å². The normalized spacial score (nSPS) is 15.6. The van der Waals surface area contributed by atoms with E-state index in [4.69, 9.17) is 0 Å². The average Bonchev–Trinajstić information content (AvgIpc) is 3.13. The van der Waals surface area contributed by atoms with Crippen LogP contribution in [0.3, 0.4) is 0 Å². The molecule has 2 heterocycles. The number of amides is 1. The lowest BCUT2D eigenvalue weighted by Gasteiger charge is -2.10. The minimum Gasteiger partial charge on any atom is -0.310 e. The van der Waals surface area contributed by atoms with Gasteiger partial charge in [-0.1, -0.05) is 12.8 Å². The standard InChI is InChI=1S/C13H15N5O/c19-13(10-4-1-2-5-10)17-11-8-12(15-9-14-11)18-7-3-6-16-18/h3,6-10H,1-2,4-5H2,(H,14,15,17,19). The lowest BCUT2D eigenvalue weighted by atomic mass is 10.1. The number of aromatic nitrogens is 4. The second-order valence-electron chi connectivity index (χ2n) is 4.68. The number of hydrogen-bond donors (Lipinski definition) is 1. The van der Waals surface area contributed by atoms with Crippen LogP contribution in [0.2, 0.25) is 0 Å². The van der Waals surface area contributed by atoms with Crippen LogP contribution in [-0.4, -0.2) is 25.7 Å². The minimum atomic E-state index is 0.0580. The molecule has 1 saturated carbocycles. The zero-order valence-corrected chi connectivity index (χ0v) is 10.5. The molecule has 1 N–H and O–H groups in total. The second kappa shape index (κ2) is 5.17. The number of carbonyl (C=O) groups excluding carboxylic acids is 1. The van der Waals surface area contributed by atoms with E-state index in [2.05, 4.69) is 20.4 Å². The zero-order valence-electron chi connectivity index (χ0n) is 10.5. The Hall–Kier alpha value is -2.24. The summed E-state index contributed by atoms with van der Waals surface area (Å²) in [6.07, 6.45) is 9.14. The number of carbonyl (C=O) groups is 1. The molecule has 1 fully saturated rings. The van der Waals surface area contributed by atoms with Crippen molar-refractivity contribution in [3.8, 4) is 5.82 Å². The fourth-order valence-corrected chi connectivity index (χ4v) is 2.36. The third-order valence-corrected chi connectivity index (χ3v) is 3.37. The van der Waals surface area contributed by atoms with Gasteiger partial charge in [0.15, 0.2) is 5.82 Å². The van der Waals surface area contributed by atoms with Crippen LogP contribution >= 0.6 is 0 Å². The highest BCUT2D eigenvalue weighted by molar-refractivity contribution is 5.91. The minimum absolute atomic E-state index is 0.0580. The average molecular weight is 257 g/mol. The van der Waals surface area contributed by atoms with Gasteiger partial charge < -0.3 is 5.32 Å². The molecule has 0 spiro atoms. The van der Waals surface area contributed by atoms with Crippen molar-refractivity contribution in [3.63, 3.8) is 0 Å². The number of hydrogen-bond acceptors (Lipinski definition) is 4. The molecule has 98 valence electrons. The smallest absolute Gasteiger partial charge is 0.228 e. The lowest BCUT2D eigenvalue weighted by molar-refractivity contribution is -0.119. The van der Waals surface area contributed by atoms with E-state index in [0.717, 1.165) is 25.7 Å². The summed E-state index contributed by atoms with van der Waals surface area (Å²) in [4.78, 5) is 20.2. The highest BCUT2D eigenvalue weighted by Gasteiger charge is 2.22. The van der Waals surface area contributed by atoms with Gasteiger partial charge in [-0.2, -0.15) is 5.10 Å². The van der Waals surface area contributed by atoms with Crippen LogP contribution in [0.5, 0.6) is 0 Å². The molecule has 19 heavy (non-hydrogen) atoms. The van der Waals surface area contributed by atoms with Crippen LogP contribution < -0.4 is 5.32 Å². The van der Waals surface area contributed by atoms with E-state index in [1.807, 2.05) is 6.07 Å². The summed E-state index contributed by atoms with van der Waals surface area (Å²) >= 11 is 0. The molecule has 0 bridgehead atoms. The van der Waals surface area contributed by atoms with E-state index in [-0.39, 0.29) is 11.8 Å². The molecule has 6 heteroatoms. The third kappa shape index (κ3) is 2.62. The maximum atomic E-state index is 12.0. The molecular weight excluding hydrogens is 242 g/mol. The highest BCUT2D eigenvalue weighted by Crippen LogP contribution is 2.25. The van der Waals surface area contributed by atoms with Gasteiger partial charge in [-0.25, -0.2) is 14.6 Å². The zero-order chi connectivity index (χ0) is 13.1. The first-order valence-corrected chi connectivity index (χ1v) is 6.46. The molecule has 6 nitrogen and oxygen atoms in total. The summed E-state index contributed by atoms with van der Waals surface area (Å²) in [5.74, 6) is 1.35. The molecule has 0 unspecified atom stereocenters. The molecule has 1 aliphatic carbocycles. The van der Waals surface area contributed by atoms with Crippen molar-refractivity contribution in [2.75, 3.05) is 5.32 Å². The molecule has 1 aliphatic rings. The van der Waals surface area contributed by atoms with Gasteiger partial charge in [0, 0.05) is 24.4 Å². The third-order valence-electron chi connectivity index (χ3n) is 3.37. The maximum absolute atomic E-state index is 12.0. The molecule has 3 rings (SSSR count). The Kier molecular flexibility index (Phi) is 3.22. The Morgan fingerprint density at radius 2 is 2.16 bits per heavy atom. The van der Waals surface area contributed by atoms with Crippen molar-refractivity contribution in [2.24, 2.45) is 5.92 Å². The number of nitrogens with zero attached hydrogens (tertiary/aromatic N) is 4. The second-order valence-corrected chi connectivity index (χ2v) is 4.68. The Labute approximate surface area is 110 Å². The molecule has 0 radical (unpaired) electrons. The lowest BCUT2D eigenvalue weighted by Crippen LogP contribution is -2.21. The van der Waals surface area contributed by atoms with Crippen LogP contribution in [0.1, 0.15) is 25.7 Å². The topological polar surface area (TPSA) is 72.7 Å². The van der Waals surface area contributed by atoms with Gasteiger partial charge in [0.05, 0.1) is 0 Å². The molecule has 2 aromatic heterocycles. The number of rotatable bonds is 3. The molecule has 0 aromatic carbocycles. The van der Waals surface area contributed by atoms with Gasteiger partial charge in [0.1, 0.15) is 12.1 Å². The van der Waals surface area contributed by atoms with Crippen LogP contribution in [-0.2, 0) is 4.79 Å². The SMILES string of the molecule is O=C(Nc1cc(-n2cccn2)ncn1)C1CCCC1. The summed E-state index contributed by atoms with van der Waals surface area (Å²) in [6.45, 7) is 0. The summed E-state index contributed by atoms with van der Waals surface area (Å²) in [7, 11) is 0. The molecule has 2 aromatic rings. The Balaban J connectivity index is 1.74. The van der Waals surface area contributed by atoms with E-state index >= 15 is 0 Å². The van der Waals surface area contributed by atoms with Crippen LogP contribution in [0.25, 0.3) is 5.82 Å². The molecule has 0 atom stereocenters. The first-order chi connectivity index (χ1) is 9.33. The van der Waals surface area contributed by atoms with Crippen LogP contribution in [0.15, 0.2) is 30.9 Å². The van der Waals surface area contributed by atoms with Gasteiger partial charge in [0.2, 0.25) is 5.91 Å². The summed E-state index contributed by atoms with van der Waals surface area (Å²) < 4.78 is 1.63. The van der Waals surface area contributed by atoms with Gasteiger partial charge in [0.25, 0.3) is 0 Å². The van der Waals surface area contributed by atoms with Gasteiger partial charge >= 0.3 is 0 Å². The number of anilines is 1. The van der Waals surface area contributed by atoms with Crippen molar-refractivity contribution in [2.45, 2.75) is 25.7 Å². The Morgan fingerprint density at radius 3 is 2.89 bits per heavy atom. The Morgan fingerprint density at radius 1 is 1.32 bits per heavy atom. The van der Waals surface area contributed by atoms with Gasteiger partial charge in [-0.05, 0) is 18.9 Å². The van der Waals surface area contributed by atoms with Crippen LogP contribution in [0.4, 0.5) is 5.82 Å². The predicted octanol–water partition coefficient (Wildman–Crippen LogP) is 1.79. The van der Waals surface area contributed by atoms with E-state index in [1.165, 1.54) is 6.33 Å². The summed E-state index contributed by atoms with van der Waals surface area (Å²) in [5.41, 5.74) is 0. The van der Waals surface area contributed by atoms with E-state index in [0.29, 0.717) is 11.6 Å². The highest BCUT2D eigenvalue weighted by atomic mass is 16.1. The molecule has 0 aliphatic heterocycles. The van der Waals surface area contributed by atoms with Crippen molar-refractivity contribution in [1.82, 2.24) is 19.7 Å². The molecular formula is C13H15N5O. The fourth-order valence-electron chi connectivity index (χ4n) is 2.36. The summed E-state index contributed by atoms with van der Waals surface area (Å²) in [5, 5.41) is 6.95. The number of nitrogens with one attached hydrogen (secondary N) is 1.